The molecular weight excluding hydrogens is 266 g/mol. The summed E-state index contributed by atoms with van der Waals surface area (Å²) in [6.45, 7) is 3.29. The number of benzene rings is 1. The predicted molar refractivity (Wildman–Crippen MR) is 80.7 cm³/mol. The molecule has 7 nitrogen and oxygen atoms in total. The van der Waals surface area contributed by atoms with Crippen LogP contribution in [0.4, 0.5) is 5.69 Å². The summed E-state index contributed by atoms with van der Waals surface area (Å²) >= 11 is 0. The molecule has 0 unspecified atom stereocenters. The number of aliphatic imine (C=N–C) groups is 1. The first kappa shape index (κ1) is 13.5. The summed E-state index contributed by atoms with van der Waals surface area (Å²) in [6, 6.07) is 7.97. The van der Waals surface area contributed by atoms with Gasteiger partial charge in [0.05, 0.1) is 0 Å². The zero-order valence-electron chi connectivity index (χ0n) is 12.0. The Morgan fingerprint density at radius 1 is 1.48 bits per heavy atom. The van der Waals surface area contributed by atoms with Crippen molar-refractivity contribution in [2.24, 2.45) is 16.6 Å². The molecule has 3 rings (SSSR count). The first-order valence-corrected chi connectivity index (χ1v) is 7.09. The number of nitrogens with two attached hydrogens (primary N) is 1. The van der Waals surface area contributed by atoms with Crippen LogP contribution >= 0.6 is 0 Å². The highest BCUT2D eigenvalue weighted by molar-refractivity contribution is 5.92. The Morgan fingerprint density at radius 3 is 3.10 bits per heavy atom. The lowest BCUT2D eigenvalue weighted by Crippen LogP contribution is -2.23. The van der Waals surface area contributed by atoms with Gasteiger partial charge >= 0.3 is 0 Å². The Morgan fingerprint density at radius 2 is 2.33 bits per heavy atom. The molecule has 1 aliphatic carbocycles. The van der Waals surface area contributed by atoms with Crippen molar-refractivity contribution in [1.29, 1.82) is 0 Å². The Bertz CT molecular complexity index is 642. The van der Waals surface area contributed by atoms with Crippen LogP contribution < -0.4 is 11.1 Å². The lowest BCUT2D eigenvalue weighted by Gasteiger charge is -2.06. The molecule has 0 saturated heterocycles. The van der Waals surface area contributed by atoms with Crippen LogP contribution in [-0.4, -0.2) is 26.2 Å². The minimum Gasteiger partial charge on any atom is -0.370 e. The molecule has 0 atom stereocenters. The van der Waals surface area contributed by atoms with Crippen molar-refractivity contribution >= 4 is 11.6 Å². The fourth-order valence-electron chi connectivity index (χ4n) is 2.09. The van der Waals surface area contributed by atoms with Crippen molar-refractivity contribution in [3.63, 3.8) is 0 Å². The van der Waals surface area contributed by atoms with Crippen molar-refractivity contribution in [1.82, 2.24) is 20.2 Å². The van der Waals surface area contributed by atoms with Gasteiger partial charge in [-0.25, -0.2) is 9.67 Å². The number of aromatic nitrogens is 4. The predicted octanol–water partition coefficient (Wildman–Crippen LogP) is 1.32. The third kappa shape index (κ3) is 3.77. The molecule has 0 radical (unpaired) electrons. The van der Waals surface area contributed by atoms with Gasteiger partial charge in [0.2, 0.25) is 0 Å². The fourth-order valence-corrected chi connectivity index (χ4v) is 2.09. The lowest BCUT2D eigenvalue weighted by molar-refractivity contribution is 0.524. The van der Waals surface area contributed by atoms with Gasteiger partial charge in [-0.1, -0.05) is 12.1 Å². The molecule has 7 heteroatoms. The SMILES string of the molecule is Cc1cccc(NC(N)=NCc2nnnn2CC2CC2)c1. The van der Waals surface area contributed by atoms with E-state index in [0.29, 0.717) is 12.5 Å². The van der Waals surface area contributed by atoms with Crippen molar-refractivity contribution in [3.05, 3.63) is 35.7 Å². The zero-order valence-corrected chi connectivity index (χ0v) is 12.0. The summed E-state index contributed by atoms with van der Waals surface area (Å²) in [4.78, 5) is 4.30. The van der Waals surface area contributed by atoms with Crippen LogP contribution in [0, 0.1) is 12.8 Å². The lowest BCUT2D eigenvalue weighted by atomic mass is 10.2. The Balaban J connectivity index is 1.61. The fraction of sp³-hybridized carbons (Fsp3) is 0.429. The standard InChI is InChI=1S/C14H19N7/c1-10-3-2-4-12(7-10)17-14(15)16-8-13-18-19-20-21(13)9-11-5-6-11/h2-4,7,11H,5-6,8-9H2,1H3,(H3,15,16,17). The van der Waals surface area contributed by atoms with Crippen LogP contribution in [0.1, 0.15) is 24.2 Å². The van der Waals surface area contributed by atoms with Crippen molar-refractivity contribution in [2.45, 2.75) is 32.9 Å². The molecule has 1 aliphatic rings. The number of tetrazole rings is 1. The van der Waals surface area contributed by atoms with E-state index in [0.717, 1.165) is 24.0 Å². The summed E-state index contributed by atoms with van der Waals surface area (Å²) in [6.07, 6.45) is 2.53. The molecule has 1 aromatic heterocycles. The zero-order chi connectivity index (χ0) is 14.7. The molecule has 1 aromatic carbocycles. The van der Waals surface area contributed by atoms with Gasteiger partial charge in [0.1, 0.15) is 6.54 Å². The van der Waals surface area contributed by atoms with E-state index in [9.17, 15) is 0 Å². The topological polar surface area (TPSA) is 94.0 Å². The largest absolute Gasteiger partial charge is 0.370 e. The highest BCUT2D eigenvalue weighted by atomic mass is 15.5. The van der Waals surface area contributed by atoms with E-state index >= 15 is 0 Å². The maximum absolute atomic E-state index is 5.90. The van der Waals surface area contributed by atoms with Crippen LogP contribution in [-0.2, 0) is 13.1 Å². The molecule has 21 heavy (non-hydrogen) atoms. The van der Waals surface area contributed by atoms with Crippen LogP contribution in [0.25, 0.3) is 0 Å². The molecule has 1 heterocycles. The van der Waals surface area contributed by atoms with Gasteiger partial charge in [-0.05, 0) is 53.8 Å². The van der Waals surface area contributed by atoms with Crippen LogP contribution in [0.5, 0.6) is 0 Å². The van der Waals surface area contributed by atoms with Gasteiger partial charge in [-0.3, -0.25) is 0 Å². The number of guanidine groups is 1. The van der Waals surface area contributed by atoms with Crippen molar-refractivity contribution in [3.8, 4) is 0 Å². The average molecular weight is 285 g/mol. The summed E-state index contributed by atoms with van der Waals surface area (Å²) < 4.78 is 1.82. The smallest absolute Gasteiger partial charge is 0.193 e. The number of hydrogen-bond acceptors (Lipinski definition) is 4. The van der Waals surface area contributed by atoms with Gasteiger partial charge in [0.15, 0.2) is 11.8 Å². The minimum absolute atomic E-state index is 0.363. The van der Waals surface area contributed by atoms with Gasteiger partial charge in [0, 0.05) is 12.2 Å². The first-order valence-electron chi connectivity index (χ1n) is 7.09. The Labute approximate surface area is 123 Å². The minimum atomic E-state index is 0.363. The molecule has 0 bridgehead atoms. The second-order valence-electron chi connectivity index (χ2n) is 5.42. The van der Waals surface area contributed by atoms with Crippen LogP contribution in [0.2, 0.25) is 0 Å². The number of hydrogen-bond donors (Lipinski definition) is 2. The Hall–Kier alpha value is -2.44. The van der Waals surface area contributed by atoms with E-state index in [1.165, 1.54) is 18.4 Å². The van der Waals surface area contributed by atoms with E-state index in [2.05, 4.69) is 25.8 Å². The Kier molecular flexibility index (Phi) is 3.81. The monoisotopic (exact) mass is 285 g/mol. The summed E-state index contributed by atoms with van der Waals surface area (Å²) in [5.74, 6) is 1.83. The van der Waals surface area contributed by atoms with E-state index in [1.807, 2.05) is 35.9 Å². The molecule has 2 aromatic rings. The third-order valence-electron chi connectivity index (χ3n) is 3.42. The summed E-state index contributed by atoms with van der Waals surface area (Å²) in [5.41, 5.74) is 7.99. The molecule has 0 spiro atoms. The van der Waals surface area contributed by atoms with Gasteiger partial charge < -0.3 is 11.1 Å². The summed E-state index contributed by atoms with van der Waals surface area (Å²) in [7, 11) is 0. The van der Waals surface area contributed by atoms with E-state index < -0.39 is 0 Å². The third-order valence-corrected chi connectivity index (χ3v) is 3.42. The number of nitrogens with one attached hydrogen (secondary N) is 1. The summed E-state index contributed by atoms with van der Waals surface area (Å²) in [5, 5.41) is 14.8. The second-order valence-corrected chi connectivity index (χ2v) is 5.42. The van der Waals surface area contributed by atoms with Gasteiger partial charge in [0.25, 0.3) is 0 Å². The number of aryl methyl sites for hydroxylation is 1. The van der Waals surface area contributed by atoms with E-state index in [4.69, 9.17) is 5.73 Å². The van der Waals surface area contributed by atoms with Crippen molar-refractivity contribution < 1.29 is 0 Å². The number of nitrogens with zero attached hydrogens (tertiary/aromatic N) is 5. The van der Waals surface area contributed by atoms with Gasteiger partial charge in [-0.2, -0.15) is 0 Å². The van der Waals surface area contributed by atoms with E-state index in [-0.39, 0.29) is 0 Å². The molecular formula is C14H19N7. The molecule has 0 amide bonds. The van der Waals surface area contributed by atoms with Gasteiger partial charge in [-0.15, -0.1) is 5.10 Å². The van der Waals surface area contributed by atoms with E-state index in [1.54, 1.807) is 0 Å². The maximum Gasteiger partial charge on any atom is 0.193 e. The van der Waals surface area contributed by atoms with Crippen LogP contribution in [0.3, 0.4) is 0 Å². The maximum atomic E-state index is 5.90. The number of rotatable bonds is 5. The molecule has 0 aliphatic heterocycles. The molecule has 1 fully saturated rings. The molecule has 110 valence electrons. The quantitative estimate of drug-likeness (QED) is 0.638. The van der Waals surface area contributed by atoms with Crippen LogP contribution in [0.15, 0.2) is 29.3 Å². The molecule has 1 saturated carbocycles. The van der Waals surface area contributed by atoms with Crippen molar-refractivity contribution in [2.75, 3.05) is 5.32 Å². The first-order chi connectivity index (χ1) is 10.2. The molecule has 3 N–H and O–H groups in total. The number of anilines is 1. The highest BCUT2D eigenvalue weighted by Gasteiger charge is 2.23. The highest BCUT2D eigenvalue weighted by Crippen LogP contribution is 2.30. The normalized spacial score (nSPS) is 15.2. The average Bonchev–Trinajstić information content (AvgIpc) is 3.14. The second kappa shape index (κ2) is 5.90.